The smallest absolute Gasteiger partial charge is 0.254 e. The van der Waals surface area contributed by atoms with E-state index in [-0.39, 0.29) is 5.91 Å². The maximum atomic E-state index is 14.1. The monoisotopic (exact) mass is 666 g/mol. The third-order valence-corrected chi connectivity index (χ3v) is 10.6. The summed E-state index contributed by atoms with van der Waals surface area (Å²) in [6, 6.07) is 25.8. The van der Waals surface area contributed by atoms with E-state index in [9.17, 15) is 4.79 Å². The van der Waals surface area contributed by atoms with Crippen molar-refractivity contribution in [2.75, 3.05) is 26.2 Å². The van der Waals surface area contributed by atoms with Crippen LogP contribution in [0.5, 0.6) is 0 Å². The molecule has 0 N–H and O–H groups in total. The van der Waals surface area contributed by atoms with Gasteiger partial charge in [0.25, 0.3) is 5.91 Å². The van der Waals surface area contributed by atoms with Gasteiger partial charge in [0, 0.05) is 48.7 Å². The van der Waals surface area contributed by atoms with Gasteiger partial charge in [0.15, 0.2) is 0 Å². The van der Waals surface area contributed by atoms with Crippen molar-refractivity contribution in [1.29, 1.82) is 0 Å². The molecule has 258 valence electrons. The zero-order chi connectivity index (χ0) is 34.3. The Balaban J connectivity index is 1.04. The first-order valence-corrected chi connectivity index (χ1v) is 18.6. The van der Waals surface area contributed by atoms with Crippen molar-refractivity contribution < 1.29 is 4.79 Å². The molecule has 4 heterocycles. The van der Waals surface area contributed by atoms with E-state index < -0.39 is 0 Å². The number of imidazole rings is 1. The van der Waals surface area contributed by atoms with E-state index in [4.69, 9.17) is 4.98 Å². The first kappa shape index (κ1) is 33.9. The number of likely N-dealkylation sites (tertiary alicyclic amines) is 1. The maximum absolute atomic E-state index is 14.1. The number of pyridine rings is 2. The van der Waals surface area contributed by atoms with Gasteiger partial charge in [-0.15, -0.1) is 0 Å². The Hall–Kier alpha value is -4.62. The fourth-order valence-electron chi connectivity index (χ4n) is 7.73. The minimum absolute atomic E-state index is 0.145. The molecule has 2 fully saturated rings. The van der Waals surface area contributed by atoms with Gasteiger partial charge >= 0.3 is 0 Å². The fourth-order valence-corrected chi connectivity index (χ4v) is 7.73. The van der Waals surface area contributed by atoms with Gasteiger partial charge < -0.3 is 9.47 Å². The lowest BCUT2D eigenvalue weighted by Crippen LogP contribution is -2.42. The van der Waals surface area contributed by atoms with Crippen LogP contribution in [-0.2, 0) is 13.0 Å². The molecule has 7 heteroatoms. The number of carbonyl (C=O) groups is 1. The molecular weight excluding hydrogens is 617 g/mol. The van der Waals surface area contributed by atoms with E-state index in [1.54, 1.807) is 0 Å². The highest BCUT2D eigenvalue weighted by Gasteiger charge is 2.26. The molecule has 3 aromatic heterocycles. The Labute approximate surface area is 297 Å². The van der Waals surface area contributed by atoms with Gasteiger partial charge in [0.05, 0.1) is 17.4 Å². The lowest BCUT2D eigenvalue weighted by atomic mass is 9.93. The van der Waals surface area contributed by atoms with E-state index in [2.05, 4.69) is 91.9 Å². The molecule has 2 aromatic carbocycles. The molecule has 2 aliphatic rings. The van der Waals surface area contributed by atoms with Crippen molar-refractivity contribution in [2.24, 2.45) is 0 Å². The van der Waals surface area contributed by atoms with Crippen molar-refractivity contribution in [3.05, 3.63) is 131 Å². The van der Waals surface area contributed by atoms with Crippen LogP contribution in [0, 0.1) is 13.8 Å². The highest BCUT2D eigenvalue weighted by atomic mass is 16.2. The molecule has 7 rings (SSSR count). The van der Waals surface area contributed by atoms with Crippen molar-refractivity contribution in [3.63, 3.8) is 0 Å². The Morgan fingerprint density at radius 2 is 1.62 bits per heavy atom. The normalized spacial score (nSPS) is 15.9. The third-order valence-electron chi connectivity index (χ3n) is 10.6. The fraction of sp³-hybridized carbons (Fsp3) is 0.395. The molecule has 0 spiro atoms. The van der Waals surface area contributed by atoms with Gasteiger partial charge in [-0.05, 0) is 107 Å². The minimum atomic E-state index is 0.145. The number of rotatable bonds is 12. The first-order chi connectivity index (χ1) is 24.5. The van der Waals surface area contributed by atoms with Crippen molar-refractivity contribution in [1.82, 2.24) is 29.3 Å². The molecule has 0 unspecified atom stereocenters. The van der Waals surface area contributed by atoms with Gasteiger partial charge in [-0.3, -0.25) is 19.7 Å². The molecule has 50 heavy (non-hydrogen) atoms. The predicted molar refractivity (Wildman–Crippen MR) is 202 cm³/mol. The number of amides is 1. The van der Waals surface area contributed by atoms with Crippen molar-refractivity contribution in [3.8, 4) is 0 Å². The number of carbonyl (C=O) groups excluding carboxylic acids is 1. The van der Waals surface area contributed by atoms with Crippen LogP contribution in [-0.4, -0.2) is 67.4 Å². The molecule has 0 bridgehead atoms. The second kappa shape index (κ2) is 15.9. The third kappa shape index (κ3) is 8.05. The second-order valence-electron chi connectivity index (χ2n) is 14.2. The minimum Gasteiger partial charge on any atom is -0.336 e. The van der Waals surface area contributed by atoms with Crippen molar-refractivity contribution in [2.45, 2.75) is 84.2 Å². The van der Waals surface area contributed by atoms with Gasteiger partial charge in [-0.2, -0.15) is 0 Å². The summed E-state index contributed by atoms with van der Waals surface area (Å²) in [5.74, 6) is 1.10. The standard InChI is InChI=1S/C43H50N6O/c1-32-15-19-35(20-16-32)39(24-29-47-26-6-7-27-47)40-14-8-10-37(46-40)11-9-28-48(38-12-4-3-5-13-38)43(50)36-21-17-34(18-22-36)31-49-33(2)45-41-30-44-25-23-42(41)49/h8,10,14-25,30,38H,3-7,9,11-13,26-29,31H2,1-2H3. The summed E-state index contributed by atoms with van der Waals surface area (Å²) < 4.78 is 2.21. The number of nitrogens with zero attached hydrogens (tertiary/aromatic N) is 6. The van der Waals surface area contributed by atoms with E-state index in [1.165, 1.54) is 61.9 Å². The predicted octanol–water partition coefficient (Wildman–Crippen LogP) is 8.43. The lowest BCUT2D eigenvalue weighted by molar-refractivity contribution is 0.0631. The van der Waals surface area contributed by atoms with Gasteiger partial charge in [0.2, 0.25) is 0 Å². The lowest BCUT2D eigenvalue weighted by Gasteiger charge is -2.34. The maximum Gasteiger partial charge on any atom is 0.254 e. The second-order valence-corrected chi connectivity index (χ2v) is 14.2. The van der Waals surface area contributed by atoms with E-state index in [1.807, 2.05) is 37.5 Å². The van der Waals surface area contributed by atoms with Crippen LogP contribution in [0.3, 0.4) is 0 Å². The highest BCUT2D eigenvalue weighted by Crippen LogP contribution is 2.27. The molecule has 1 amide bonds. The molecule has 7 nitrogen and oxygen atoms in total. The van der Waals surface area contributed by atoms with Gasteiger partial charge in [-0.1, -0.05) is 73.4 Å². The summed E-state index contributed by atoms with van der Waals surface area (Å²) in [5.41, 5.74) is 9.69. The molecule has 1 aliphatic heterocycles. The highest BCUT2D eigenvalue weighted by molar-refractivity contribution is 5.94. The van der Waals surface area contributed by atoms with Crippen LogP contribution in [0.4, 0.5) is 0 Å². The summed E-state index contributed by atoms with van der Waals surface area (Å²) in [7, 11) is 0. The number of aryl methyl sites for hydroxylation is 3. The van der Waals surface area contributed by atoms with E-state index in [0.29, 0.717) is 12.6 Å². The summed E-state index contributed by atoms with van der Waals surface area (Å²) in [6.07, 6.45) is 16.1. The largest absolute Gasteiger partial charge is 0.336 e. The van der Waals surface area contributed by atoms with E-state index in [0.717, 1.165) is 78.1 Å². The quantitative estimate of drug-likeness (QED) is 0.134. The number of hydrogen-bond acceptors (Lipinski definition) is 5. The van der Waals surface area contributed by atoms with Crippen LogP contribution in [0.2, 0.25) is 0 Å². The Kier molecular flexibility index (Phi) is 10.8. The Morgan fingerprint density at radius 3 is 2.40 bits per heavy atom. The van der Waals surface area contributed by atoms with Crippen LogP contribution in [0.15, 0.2) is 91.3 Å². The van der Waals surface area contributed by atoms with Crippen LogP contribution < -0.4 is 0 Å². The molecular formula is C43H50N6O. The molecule has 1 saturated heterocycles. The Bertz CT molecular complexity index is 1910. The zero-order valence-corrected chi connectivity index (χ0v) is 29.7. The SMILES string of the molecule is Cc1ccc(C(=CCN2CCCC2)c2cccc(CCCN(C(=O)c3ccc(Cn4c(C)nc5cnccc54)cc3)C3CCCCC3)n2)cc1. The molecule has 0 atom stereocenters. The number of hydrogen-bond donors (Lipinski definition) is 0. The Morgan fingerprint density at radius 1 is 0.860 bits per heavy atom. The topological polar surface area (TPSA) is 67.2 Å². The number of fused-ring (bicyclic) bond motifs is 1. The summed E-state index contributed by atoms with van der Waals surface area (Å²) >= 11 is 0. The summed E-state index contributed by atoms with van der Waals surface area (Å²) in [6.45, 7) is 8.90. The summed E-state index contributed by atoms with van der Waals surface area (Å²) in [4.78, 5) is 32.9. The number of aromatic nitrogens is 4. The van der Waals surface area contributed by atoms with Crippen LogP contribution >= 0.6 is 0 Å². The van der Waals surface area contributed by atoms with E-state index >= 15 is 0 Å². The van der Waals surface area contributed by atoms with Crippen molar-refractivity contribution >= 4 is 22.5 Å². The van der Waals surface area contributed by atoms with Gasteiger partial charge in [-0.25, -0.2) is 4.98 Å². The van der Waals surface area contributed by atoms with Crippen LogP contribution in [0.1, 0.15) is 95.6 Å². The molecule has 1 saturated carbocycles. The van der Waals surface area contributed by atoms with Crippen LogP contribution in [0.25, 0.3) is 16.6 Å². The first-order valence-electron chi connectivity index (χ1n) is 18.6. The average Bonchev–Trinajstić information content (AvgIpc) is 3.79. The average molecular weight is 667 g/mol. The number of benzene rings is 2. The molecule has 0 radical (unpaired) electrons. The summed E-state index contributed by atoms with van der Waals surface area (Å²) in [5, 5.41) is 0. The van der Waals surface area contributed by atoms with Gasteiger partial charge in [0.1, 0.15) is 11.3 Å². The zero-order valence-electron chi connectivity index (χ0n) is 29.7. The molecule has 1 aliphatic carbocycles. The molecule has 5 aromatic rings.